The highest BCUT2D eigenvalue weighted by molar-refractivity contribution is 6.30. The first-order valence-electron chi connectivity index (χ1n) is 5.53. The third kappa shape index (κ3) is 2.07. The second kappa shape index (κ2) is 4.91. The molecule has 0 saturated carbocycles. The van der Waals surface area contributed by atoms with E-state index in [1.54, 1.807) is 18.2 Å². The van der Waals surface area contributed by atoms with Gasteiger partial charge in [0.25, 0.3) is 11.8 Å². The van der Waals surface area contributed by atoms with Crippen molar-refractivity contribution >= 4 is 17.4 Å². The quantitative estimate of drug-likeness (QED) is 0.497. The summed E-state index contributed by atoms with van der Waals surface area (Å²) in [5.41, 5.74) is 1.28. The van der Waals surface area contributed by atoms with Crippen LogP contribution >= 0.6 is 0 Å². The Balaban J connectivity index is 2.55. The fourth-order valence-corrected chi connectivity index (χ4v) is 1.71. The molecule has 2 amide bonds. The molecule has 0 saturated heterocycles. The highest BCUT2D eigenvalue weighted by atomic mass is 16.5. The summed E-state index contributed by atoms with van der Waals surface area (Å²) >= 11 is 0. The van der Waals surface area contributed by atoms with Crippen LogP contribution in [0.2, 0.25) is 0 Å². The number of benzene rings is 1. The molecule has 18 heavy (non-hydrogen) atoms. The van der Waals surface area contributed by atoms with Gasteiger partial charge in [0.05, 0.1) is 25.6 Å². The SMILES string of the molecule is CCO/C=C1\C(=O)NC(=O)c2ccc(OC)cc21. The molecule has 1 aliphatic rings. The molecule has 0 fully saturated rings. The van der Waals surface area contributed by atoms with Crippen LogP contribution in [0.15, 0.2) is 24.5 Å². The average Bonchev–Trinajstić information content (AvgIpc) is 2.38. The summed E-state index contributed by atoms with van der Waals surface area (Å²) in [6.45, 7) is 2.26. The molecular weight excluding hydrogens is 234 g/mol. The summed E-state index contributed by atoms with van der Waals surface area (Å²) in [5, 5.41) is 2.26. The predicted molar refractivity (Wildman–Crippen MR) is 65.1 cm³/mol. The molecule has 5 heteroatoms. The fraction of sp³-hybridized carbons (Fsp3) is 0.231. The lowest BCUT2D eigenvalue weighted by molar-refractivity contribution is -0.114. The lowest BCUT2D eigenvalue weighted by Crippen LogP contribution is -2.36. The molecule has 94 valence electrons. The van der Waals surface area contributed by atoms with E-state index in [-0.39, 0.29) is 0 Å². The molecule has 1 aromatic rings. The maximum Gasteiger partial charge on any atom is 0.261 e. The molecule has 0 aliphatic carbocycles. The fourth-order valence-electron chi connectivity index (χ4n) is 1.71. The Morgan fingerprint density at radius 1 is 1.22 bits per heavy atom. The van der Waals surface area contributed by atoms with Crippen molar-refractivity contribution in [2.24, 2.45) is 0 Å². The van der Waals surface area contributed by atoms with Gasteiger partial charge in [-0.1, -0.05) is 0 Å². The number of nitrogens with one attached hydrogen (secondary N) is 1. The standard InChI is InChI=1S/C13H13NO4/c1-3-18-7-11-10-6-8(17-2)4-5-9(10)12(15)14-13(11)16/h4-7H,3H2,1-2H3,(H,14,15,16)/b11-7-. The molecule has 5 nitrogen and oxygen atoms in total. The summed E-state index contributed by atoms with van der Waals surface area (Å²) in [6, 6.07) is 4.94. The second-order valence-corrected chi connectivity index (χ2v) is 3.68. The van der Waals surface area contributed by atoms with E-state index in [9.17, 15) is 9.59 Å². The molecule has 0 bridgehead atoms. The largest absolute Gasteiger partial charge is 0.501 e. The summed E-state index contributed by atoms with van der Waals surface area (Å²) < 4.78 is 10.2. The smallest absolute Gasteiger partial charge is 0.261 e. The topological polar surface area (TPSA) is 64.6 Å². The summed E-state index contributed by atoms with van der Waals surface area (Å²) in [6.07, 6.45) is 1.36. The first-order chi connectivity index (χ1) is 8.67. The highest BCUT2D eigenvalue weighted by Gasteiger charge is 2.27. The number of ether oxygens (including phenoxy) is 2. The number of amides is 2. The Hall–Kier alpha value is -2.30. The minimum atomic E-state index is -0.464. The van der Waals surface area contributed by atoms with E-state index in [4.69, 9.17) is 9.47 Å². The van der Waals surface area contributed by atoms with Crippen LogP contribution in [-0.2, 0) is 9.53 Å². The van der Waals surface area contributed by atoms with E-state index < -0.39 is 11.8 Å². The molecule has 2 rings (SSSR count). The Bertz CT molecular complexity index is 534. The van der Waals surface area contributed by atoms with E-state index in [0.717, 1.165) is 0 Å². The normalized spacial score (nSPS) is 16.2. The number of fused-ring (bicyclic) bond motifs is 1. The van der Waals surface area contributed by atoms with E-state index >= 15 is 0 Å². The van der Waals surface area contributed by atoms with Crippen LogP contribution in [0, 0.1) is 0 Å². The van der Waals surface area contributed by atoms with Crippen LogP contribution in [0.3, 0.4) is 0 Å². The van der Waals surface area contributed by atoms with Gasteiger partial charge in [0.1, 0.15) is 5.75 Å². The summed E-state index contributed by atoms with van der Waals surface area (Å²) in [5.74, 6) is -0.292. The molecule has 1 aliphatic heterocycles. The lowest BCUT2D eigenvalue weighted by Gasteiger charge is -2.18. The van der Waals surface area contributed by atoms with Gasteiger partial charge in [-0.05, 0) is 25.1 Å². The van der Waals surface area contributed by atoms with E-state index in [0.29, 0.717) is 29.1 Å². The van der Waals surface area contributed by atoms with Crippen LogP contribution in [-0.4, -0.2) is 25.5 Å². The van der Waals surface area contributed by atoms with Gasteiger partial charge in [0.15, 0.2) is 0 Å². The Morgan fingerprint density at radius 2 is 2.00 bits per heavy atom. The van der Waals surface area contributed by atoms with Crippen molar-refractivity contribution in [3.05, 3.63) is 35.6 Å². The van der Waals surface area contributed by atoms with Crippen LogP contribution in [0.5, 0.6) is 5.75 Å². The summed E-state index contributed by atoms with van der Waals surface area (Å²) in [7, 11) is 1.53. The monoisotopic (exact) mass is 247 g/mol. The van der Waals surface area contributed by atoms with Crippen molar-refractivity contribution in [1.82, 2.24) is 5.32 Å². The second-order valence-electron chi connectivity index (χ2n) is 3.68. The van der Waals surface area contributed by atoms with Crippen molar-refractivity contribution in [3.63, 3.8) is 0 Å². The number of carbonyl (C=O) groups excluding carboxylic acids is 2. The van der Waals surface area contributed by atoms with Gasteiger partial charge < -0.3 is 9.47 Å². The van der Waals surface area contributed by atoms with E-state index in [1.165, 1.54) is 13.4 Å². The Morgan fingerprint density at radius 3 is 2.67 bits per heavy atom. The van der Waals surface area contributed by atoms with Gasteiger partial charge in [-0.25, -0.2) is 0 Å². The minimum Gasteiger partial charge on any atom is -0.501 e. The van der Waals surface area contributed by atoms with Crippen molar-refractivity contribution in [1.29, 1.82) is 0 Å². The van der Waals surface area contributed by atoms with Gasteiger partial charge >= 0.3 is 0 Å². The van der Waals surface area contributed by atoms with Crippen molar-refractivity contribution < 1.29 is 19.1 Å². The minimum absolute atomic E-state index is 0.324. The van der Waals surface area contributed by atoms with Crippen LogP contribution in [0.4, 0.5) is 0 Å². The van der Waals surface area contributed by atoms with Crippen molar-refractivity contribution in [2.75, 3.05) is 13.7 Å². The van der Waals surface area contributed by atoms with Gasteiger partial charge in [0.2, 0.25) is 0 Å². The first-order valence-corrected chi connectivity index (χ1v) is 5.53. The number of rotatable bonds is 3. The molecule has 0 radical (unpaired) electrons. The Kier molecular flexibility index (Phi) is 3.32. The molecule has 1 heterocycles. The number of hydrogen-bond acceptors (Lipinski definition) is 4. The zero-order valence-corrected chi connectivity index (χ0v) is 10.1. The Labute approximate surface area is 104 Å². The van der Waals surface area contributed by atoms with Crippen molar-refractivity contribution in [3.8, 4) is 5.75 Å². The van der Waals surface area contributed by atoms with Crippen LogP contribution in [0.25, 0.3) is 5.57 Å². The van der Waals surface area contributed by atoms with E-state index in [2.05, 4.69) is 5.32 Å². The molecule has 0 spiro atoms. The molecule has 0 unspecified atom stereocenters. The third-order valence-electron chi connectivity index (χ3n) is 2.60. The lowest BCUT2D eigenvalue weighted by atomic mass is 9.95. The first kappa shape index (κ1) is 12.2. The summed E-state index contributed by atoms with van der Waals surface area (Å²) in [4.78, 5) is 23.4. The maximum absolute atomic E-state index is 11.8. The number of methoxy groups -OCH3 is 1. The van der Waals surface area contributed by atoms with Gasteiger partial charge in [-0.2, -0.15) is 0 Å². The molecule has 0 atom stereocenters. The number of imide groups is 1. The number of hydrogen-bond donors (Lipinski definition) is 1. The van der Waals surface area contributed by atoms with Gasteiger partial charge in [0, 0.05) is 11.1 Å². The molecular formula is C13H13NO4. The molecule has 1 N–H and O–H groups in total. The third-order valence-corrected chi connectivity index (χ3v) is 2.60. The van der Waals surface area contributed by atoms with Crippen LogP contribution in [0.1, 0.15) is 22.8 Å². The van der Waals surface area contributed by atoms with Gasteiger partial charge in [-0.15, -0.1) is 0 Å². The number of carbonyl (C=O) groups is 2. The van der Waals surface area contributed by atoms with Crippen molar-refractivity contribution in [2.45, 2.75) is 6.92 Å². The highest BCUT2D eigenvalue weighted by Crippen LogP contribution is 2.27. The van der Waals surface area contributed by atoms with Gasteiger partial charge in [-0.3, -0.25) is 14.9 Å². The zero-order valence-electron chi connectivity index (χ0n) is 10.1. The molecule has 0 aromatic heterocycles. The zero-order chi connectivity index (χ0) is 13.1. The van der Waals surface area contributed by atoms with E-state index in [1.807, 2.05) is 6.92 Å². The van der Waals surface area contributed by atoms with Crippen LogP contribution < -0.4 is 10.1 Å². The maximum atomic E-state index is 11.8. The predicted octanol–water partition coefficient (Wildman–Crippen LogP) is 1.34. The average molecular weight is 247 g/mol. The molecule has 1 aromatic carbocycles.